The van der Waals surface area contributed by atoms with Crippen LogP contribution < -0.4 is 0 Å². The van der Waals surface area contributed by atoms with Gasteiger partial charge in [0, 0.05) is 51.9 Å². The zero-order valence-corrected chi connectivity index (χ0v) is 12.6. The van der Waals surface area contributed by atoms with E-state index in [-0.39, 0.29) is 0 Å². The summed E-state index contributed by atoms with van der Waals surface area (Å²) in [6.07, 6.45) is 1.64. The molecule has 0 radical (unpaired) electrons. The molecule has 1 rings (SSSR count). The van der Waals surface area contributed by atoms with E-state index in [0.717, 1.165) is 0 Å². The topological polar surface area (TPSA) is 108 Å². The predicted octanol–water partition coefficient (Wildman–Crippen LogP) is 0.608. The Balaban J connectivity index is 2.75. The van der Waals surface area contributed by atoms with Gasteiger partial charge in [0.15, 0.2) is 0 Å². The van der Waals surface area contributed by atoms with E-state index in [1.54, 1.807) is 0 Å². The lowest BCUT2D eigenvalue weighted by atomic mass is 10.3. The molecule has 22 heavy (non-hydrogen) atoms. The lowest BCUT2D eigenvalue weighted by molar-refractivity contribution is -0.221. The van der Waals surface area contributed by atoms with Crippen molar-refractivity contribution in [1.82, 2.24) is 20.0 Å². The van der Waals surface area contributed by atoms with Crippen molar-refractivity contribution < 1.29 is 0 Å². The molecule has 1 saturated heterocycles. The van der Waals surface area contributed by atoms with Gasteiger partial charge in [-0.3, -0.25) is 0 Å². The molecule has 0 atom stereocenters. The first kappa shape index (κ1) is 17.9. The number of hydrogen-bond donors (Lipinski definition) is 0. The highest BCUT2D eigenvalue weighted by atomic mass is 15.8. The van der Waals surface area contributed by atoms with Crippen LogP contribution >= 0.6 is 0 Å². The molecule has 1 fully saturated rings. The minimum absolute atomic E-state index is 0.410. The van der Waals surface area contributed by atoms with Crippen LogP contribution in [0.3, 0.4) is 0 Å². The Hall–Kier alpha value is -2.20. The lowest BCUT2D eigenvalue weighted by Gasteiger charge is -2.49. The number of nitrogens with zero attached hydrogens (tertiary/aromatic N) is 8. The molecule has 1 heterocycles. The van der Waals surface area contributed by atoms with E-state index in [1.807, 2.05) is 20.0 Å². The van der Waals surface area contributed by atoms with Gasteiger partial charge in [-0.2, -0.15) is 21.0 Å². The number of nitriles is 4. The Morgan fingerprint density at radius 1 is 0.500 bits per heavy atom. The van der Waals surface area contributed by atoms with Crippen molar-refractivity contribution in [2.24, 2.45) is 0 Å². The van der Waals surface area contributed by atoms with Crippen molar-refractivity contribution in [3.63, 3.8) is 0 Å². The molecule has 1 aliphatic rings. The molecule has 0 unspecified atom stereocenters. The standard InChI is InChI=1S/C14H20N8/c15-5-1-9-19-13-21(11-3-7-17)22(12-4-8-18)14-20(19)10-2-6-16/h1-4,9-14H2. The van der Waals surface area contributed by atoms with Crippen LogP contribution in [0, 0.1) is 45.3 Å². The van der Waals surface area contributed by atoms with Gasteiger partial charge in [-0.05, 0) is 0 Å². The van der Waals surface area contributed by atoms with Gasteiger partial charge in [0.2, 0.25) is 0 Å². The van der Waals surface area contributed by atoms with Gasteiger partial charge in [-0.15, -0.1) is 0 Å². The molecule has 0 aromatic rings. The first-order valence-electron chi connectivity index (χ1n) is 7.24. The largest absolute Gasteiger partial charge is 0.224 e. The monoisotopic (exact) mass is 300 g/mol. The summed E-state index contributed by atoms with van der Waals surface area (Å²) >= 11 is 0. The van der Waals surface area contributed by atoms with Crippen LogP contribution in [0.4, 0.5) is 0 Å². The number of rotatable bonds is 8. The summed E-state index contributed by atoms with van der Waals surface area (Å²) in [5.41, 5.74) is 0. The van der Waals surface area contributed by atoms with Crippen LogP contribution in [0.5, 0.6) is 0 Å². The predicted molar refractivity (Wildman–Crippen MR) is 77.5 cm³/mol. The lowest BCUT2D eigenvalue weighted by Crippen LogP contribution is -2.64. The van der Waals surface area contributed by atoms with Crippen LogP contribution in [0.1, 0.15) is 25.7 Å². The van der Waals surface area contributed by atoms with E-state index in [4.69, 9.17) is 21.0 Å². The SMILES string of the molecule is N#CCCN1CN(CCC#N)N(CCC#N)CN1CCC#N. The van der Waals surface area contributed by atoms with Crippen molar-refractivity contribution in [3.8, 4) is 24.3 Å². The molecule has 0 N–H and O–H groups in total. The minimum atomic E-state index is 0.410. The van der Waals surface area contributed by atoms with Crippen molar-refractivity contribution in [3.05, 3.63) is 0 Å². The normalized spacial score (nSPS) is 17.3. The van der Waals surface area contributed by atoms with Crippen LogP contribution in [-0.2, 0) is 0 Å². The molecule has 1 aliphatic heterocycles. The Bertz CT molecular complexity index is 401. The summed E-state index contributed by atoms with van der Waals surface area (Å²) < 4.78 is 0. The first-order chi connectivity index (χ1) is 10.8. The summed E-state index contributed by atoms with van der Waals surface area (Å²) in [6, 6.07) is 8.54. The molecule has 0 spiro atoms. The van der Waals surface area contributed by atoms with E-state index in [1.165, 1.54) is 0 Å². The van der Waals surface area contributed by atoms with Crippen molar-refractivity contribution in [2.75, 3.05) is 39.5 Å². The molecule has 8 nitrogen and oxygen atoms in total. The molecule has 0 saturated carbocycles. The van der Waals surface area contributed by atoms with Crippen LogP contribution in [-0.4, -0.2) is 59.6 Å². The van der Waals surface area contributed by atoms with Gasteiger partial charge in [0.1, 0.15) is 0 Å². The van der Waals surface area contributed by atoms with E-state index in [2.05, 4.69) is 24.3 Å². The molecule has 0 aromatic heterocycles. The highest BCUT2D eigenvalue weighted by Crippen LogP contribution is 2.15. The Morgan fingerprint density at radius 2 is 0.727 bits per heavy atom. The third-order valence-corrected chi connectivity index (χ3v) is 3.38. The maximum atomic E-state index is 8.78. The summed E-state index contributed by atoms with van der Waals surface area (Å²) in [5, 5.41) is 43.3. The smallest absolute Gasteiger partial charge is 0.0788 e. The molecule has 0 amide bonds. The highest BCUT2D eigenvalue weighted by Gasteiger charge is 2.29. The fraction of sp³-hybridized carbons (Fsp3) is 0.714. The van der Waals surface area contributed by atoms with Gasteiger partial charge in [0.25, 0.3) is 0 Å². The molecule has 0 aromatic carbocycles. The first-order valence-corrected chi connectivity index (χ1v) is 7.24. The number of hydrogen-bond acceptors (Lipinski definition) is 8. The summed E-state index contributed by atoms with van der Waals surface area (Å²) in [7, 11) is 0. The zero-order chi connectivity index (χ0) is 16.2. The van der Waals surface area contributed by atoms with Crippen molar-refractivity contribution >= 4 is 0 Å². The zero-order valence-electron chi connectivity index (χ0n) is 12.6. The van der Waals surface area contributed by atoms with Gasteiger partial charge in [0.05, 0.1) is 37.6 Å². The molecular weight excluding hydrogens is 280 g/mol. The van der Waals surface area contributed by atoms with Crippen LogP contribution in [0.15, 0.2) is 0 Å². The van der Waals surface area contributed by atoms with E-state index in [0.29, 0.717) is 65.2 Å². The Labute approximate surface area is 131 Å². The van der Waals surface area contributed by atoms with E-state index in [9.17, 15) is 0 Å². The third kappa shape index (κ3) is 5.66. The molecule has 116 valence electrons. The van der Waals surface area contributed by atoms with Crippen molar-refractivity contribution in [2.45, 2.75) is 25.7 Å². The summed E-state index contributed by atoms with van der Waals surface area (Å²) in [4.78, 5) is 0. The van der Waals surface area contributed by atoms with Crippen LogP contribution in [0.25, 0.3) is 0 Å². The average molecular weight is 300 g/mol. The van der Waals surface area contributed by atoms with Gasteiger partial charge < -0.3 is 0 Å². The second-order valence-corrected chi connectivity index (χ2v) is 4.84. The average Bonchev–Trinajstić information content (AvgIpc) is 2.55. The van der Waals surface area contributed by atoms with E-state index >= 15 is 0 Å². The maximum Gasteiger partial charge on any atom is 0.0788 e. The minimum Gasteiger partial charge on any atom is -0.224 e. The quantitative estimate of drug-likeness (QED) is 0.641. The molecule has 8 heteroatoms. The van der Waals surface area contributed by atoms with E-state index < -0.39 is 0 Å². The molecule has 0 bridgehead atoms. The summed E-state index contributed by atoms with van der Waals surface area (Å²) in [6.45, 7) is 3.52. The fourth-order valence-corrected chi connectivity index (χ4v) is 2.30. The highest BCUT2D eigenvalue weighted by molar-refractivity contribution is 4.80. The van der Waals surface area contributed by atoms with Crippen molar-refractivity contribution in [1.29, 1.82) is 21.0 Å². The van der Waals surface area contributed by atoms with Crippen LogP contribution in [0.2, 0.25) is 0 Å². The van der Waals surface area contributed by atoms with Gasteiger partial charge in [-0.25, -0.2) is 20.0 Å². The third-order valence-electron chi connectivity index (χ3n) is 3.38. The fourth-order valence-electron chi connectivity index (χ4n) is 2.30. The second-order valence-electron chi connectivity index (χ2n) is 4.84. The maximum absolute atomic E-state index is 8.78. The number of hydrazine groups is 2. The molecule has 0 aliphatic carbocycles. The van der Waals surface area contributed by atoms with Gasteiger partial charge >= 0.3 is 0 Å². The second kappa shape index (κ2) is 10.5. The van der Waals surface area contributed by atoms with Gasteiger partial charge in [-0.1, -0.05) is 0 Å². The summed E-state index contributed by atoms with van der Waals surface area (Å²) in [5.74, 6) is 0. The Kier molecular flexibility index (Phi) is 8.53. The Morgan fingerprint density at radius 3 is 0.909 bits per heavy atom. The molecular formula is C14H20N8.